The van der Waals surface area contributed by atoms with Gasteiger partial charge in [0, 0.05) is 16.7 Å². The maximum Gasteiger partial charge on any atom is 0.387 e. The van der Waals surface area contributed by atoms with E-state index in [2.05, 4.69) is 22.7 Å². The zero-order chi connectivity index (χ0) is 17.1. The highest BCUT2D eigenvalue weighted by atomic mass is 32.1. The molecule has 0 spiro atoms. The Balaban J connectivity index is 1.92. The molecule has 124 valence electrons. The minimum Gasteiger partial charge on any atom is -0.434 e. The molecule has 3 rings (SSSR count). The predicted octanol–water partition coefficient (Wildman–Crippen LogP) is 5.10. The first kappa shape index (κ1) is 16.6. The number of alkyl halides is 2. The van der Waals surface area contributed by atoms with Crippen LogP contribution in [0.25, 0.3) is 0 Å². The third kappa shape index (κ3) is 3.46. The lowest BCUT2D eigenvalue weighted by molar-refractivity contribution is -0.0499. The molecule has 0 saturated carbocycles. The molecule has 24 heavy (non-hydrogen) atoms. The van der Waals surface area contributed by atoms with Crippen LogP contribution in [0, 0.1) is 17.2 Å². The number of rotatable bonds is 4. The number of nitrogens with zero attached hydrogens (tertiary/aromatic N) is 2. The summed E-state index contributed by atoms with van der Waals surface area (Å²) in [6.07, 6.45) is 4.47. The monoisotopic (exact) mass is 346 g/mol. The van der Waals surface area contributed by atoms with Gasteiger partial charge in [-0.2, -0.15) is 14.0 Å². The predicted molar refractivity (Wildman–Crippen MR) is 90.6 cm³/mol. The summed E-state index contributed by atoms with van der Waals surface area (Å²) in [4.78, 5) is 5.61. The molecule has 1 aromatic heterocycles. The van der Waals surface area contributed by atoms with E-state index >= 15 is 0 Å². The summed E-state index contributed by atoms with van der Waals surface area (Å²) >= 11 is 1.52. The number of ether oxygens (including phenoxy) is 1. The van der Waals surface area contributed by atoms with Crippen LogP contribution >= 0.6 is 11.3 Å². The molecule has 1 aliphatic rings. The number of aryl methyl sites for hydroxylation is 1. The largest absolute Gasteiger partial charge is 0.434 e. The molecule has 1 aliphatic carbocycles. The summed E-state index contributed by atoms with van der Waals surface area (Å²) in [7, 11) is 0. The first-order valence-electron chi connectivity index (χ1n) is 7.71. The van der Waals surface area contributed by atoms with Crippen LogP contribution in [-0.4, -0.2) is 12.8 Å². The minimum absolute atomic E-state index is 0.0738. The van der Waals surface area contributed by atoms with Crippen LogP contribution in [0.15, 0.2) is 29.3 Å². The lowest BCUT2D eigenvalue weighted by atomic mass is 9.88. The van der Waals surface area contributed by atoms with Crippen molar-refractivity contribution < 1.29 is 13.5 Å². The number of para-hydroxylation sites is 1. The zero-order valence-corrected chi connectivity index (χ0v) is 13.9. The van der Waals surface area contributed by atoms with E-state index in [4.69, 9.17) is 0 Å². The molecule has 1 aromatic carbocycles. The van der Waals surface area contributed by atoms with Gasteiger partial charge in [-0.3, -0.25) is 0 Å². The summed E-state index contributed by atoms with van der Waals surface area (Å²) in [6, 6.07) is 8.73. The van der Waals surface area contributed by atoms with Crippen LogP contribution in [0.5, 0.6) is 5.75 Å². The standard InChI is InChI=1S/C18H16F2N2OS/c1-11-6-7-16-13(8-11)14(9-21)17(24-16)22-10-12-4-2-3-5-15(12)23-18(19)20/h2-5,10-11,18H,6-8H2,1H3. The molecule has 1 atom stereocenters. The zero-order valence-electron chi connectivity index (χ0n) is 13.1. The van der Waals surface area contributed by atoms with E-state index in [9.17, 15) is 14.0 Å². The second kappa shape index (κ2) is 7.10. The first-order chi connectivity index (χ1) is 11.6. The third-order valence-corrected chi connectivity index (χ3v) is 5.26. The van der Waals surface area contributed by atoms with Crippen LogP contribution in [0.2, 0.25) is 0 Å². The second-order valence-corrected chi connectivity index (χ2v) is 6.90. The number of benzene rings is 1. The van der Waals surface area contributed by atoms with Crippen LogP contribution in [0.1, 0.15) is 34.9 Å². The highest BCUT2D eigenvalue weighted by molar-refractivity contribution is 7.16. The molecule has 0 bridgehead atoms. The van der Waals surface area contributed by atoms with Gasteiger partial charge >= 0.3 is 6.61 Å². The van der Waals surface area contributed by atoms with Crippen LogP contribution < -0.4 is 4.74 Å². The van der Waals surface area contributed by atoms with Gasteiger partial charge in [0.15, 0.2) is 0 Å². The Bertz CT molecular complexity index is 808. The maximum atomic E-state index is 12.5. The fraction of sp³-hybridized carbons (Fsp3) is 0.333. The average Bonchev–Trinajstić information content (AvgIpc) is 2.90. The van der Waals surface area contributed by atoms with Gasteiger partial charge in [0.25, 0.3) is 0 Å². The Morgan fingerprint density at radius 2 is 2.21 bits per heavy atom. The first-order valence-corrected chi connectivity index (χ1v) is 8.52. The molecule has 0 amide bonds. The fourth-order valence-corrected chi connectivity index (χ4v) is 4.01. The average molecular weight is 346 g/mol. The van der Waals surface area contributed by atoms with E-state index in [1.807, 2.05) is 0 Å². The molecule has 3 nitrogen and oxygen atoms in total. The summed E-state index contributed by atoms with van der Waals surface area (Å²) in [5.74, 6) is 0.640. The van der Waals surface area contributed by atoms with E-state index in [0.717, 1.165) is 24.8 Å². The molecular formula is C18H16F2N2OS. The van der Waals surface area contributed by atoms with Gasteiger partial charge in [-0.15, -0.1) is 11.3 Å². The molecule has 1 heterocycles. The fourth-order valence-electron chi connectivity index (χ4n) is 2.87. The van der Waals surface area contributed by atoms with Crippen molar-refractivity contribution in [3.8, 4) is 11.8 Å². The van der Waals surface area contributed by atoms with E-state index in [0.29, 0.717) is 22.0 Å². The highest BCUT2D eigenvalue weighted by Gasteiger charge is 2.23. The Hall–Kier alpha value is -2.26. The number of hydrogen-bond donors (Lipinski definition) is 0. The van der Waals surface area contributed by atoms with Crippen molar-refractivity contribution in [1.29, 1.82) is 5.26 Å². The quantitative estimate of drug-likeness (QED) is 0.723. The van der Waals surface area contributed by atoms with Crippen molar-refractivity contribution in [2.45, 2.75) is 32.8 Å². The van der Waals surface area contributed by atoms with Gasteiger partial charge in [0.1, 0.15) is 16.8 Å². The van der Waals surface area contributed by atoms with Crippen molar-refractivity contribution in [3.05, 3.63) is 45.8 Å². The SMILES string of the molecule is CC1CCc2sc(N=Cc3ccccc3OC(F)F)c(C#N)c2C1. The Morgan fingerprint density at radius 3 is 2.96 bits per heavy atom. The Morgan fingerprint density at radius 1 is 1.42 bits per heavy atom. The molecule has 0 fully saturated rings. The maximum absolute atomic E-state index is 12.5. The van der Waals surface area contributed by atoms with Crippen LogP contribution in [-0.2, 0) is 12.8 Å². The Kier molecular flexibility index (Phi) is 4.91. The van der Waals surface area contributed by atoms with Gasteiger partial charge in [0.2, 0.25) is 0 Å². The molecule has 1 unspecified atom stereocenters. The van der Waals surface area contributed by atoms with Gasteiger partial charge in [0.05, 0.1) is 5.56 Å². The number of hydrogen-bond acceptors (Lipinski definition) is 4. The normalized spacial score (nSPS) is 17.0. The Labute approximate surface area is 143 Å². The lowest BCUT2D eigenvalue weighted by Gasteiger charge is -2.17. The van der Waals surface area contributed by atoms with E-state index < -0.39 is 6.61 Å². The van der Waals surface area contributed by atoms with Gasteiger partial charge in [-0.1, -0.05) is 19.1 Å². The smallest absolute Gasteiger partial charge is 0.387 e. The molecule has 2 aromatic rings. The number of thiophene rings is 1. The minimum atomic E-state index is -2.88. The molecule has 0 radical (unpaired) electrons. The summed E-state index contributed by atoms with van der Waals surface area (Å²) in [5.41, 5.74) is 2.18. The molecular weight excluding hydrogens is 330 g/mol. The number of aliphatic imine (C=N–C) groups is 1. The second-order valence-electron chi connectivity index (χ2n) is 5.82. The highest BCUT2D eigenvalue weighted by Crippen LogP contribution is 2.40. The number of nitriles is 1. The van der Waals surface area contributed by atoms with Crippen LogP contribution in [0.4, 0.5) is 13.8 Å². The molecule has 0 saturated heterocycles. The van der Waals surface area contributed by atoms with E-state index in [1.54, 1.807) is 18.2 Å². The molecule has 0 aliphatic heterocycles. The summed E-state index contributed by atoms with van der Waals surface area (Å²) in [6.45, 7) is -0.701. The van der Waals surface area contributed by atoms with Crippen LogP contribution in [0.3, 0.4) is 0 Å². The van der Waals surface area contributed by atoms with E-state index in [-0.39, 0.29) is 5.75 Å². The lowest BCUT2D eigenvalue weighted by Crippen LogP contribution is -2.09. The third-order valence-electron chi connectivity index (χ3n) is 4.06. The molecule has 6 heteroatoms. The van der Waals surface area contributed by atoms with Crippen molar-refractivity contribution in [2.24, 2.45) is 10.9 Å². The van der Waals surface area contributed by atoms with Crippen molar-refractivity contribution in [2.75, 3.05) is 0 Å². The van der Waals surface area contributed by atoms with Crippen molar-refractivity contribution >= 4 is 22.6 Å². The topological polar surface area (TPSA) is 45.4 Å². The van der Waals surface area contributed by atoms with E-state index in [1.165, 1.54) is 28.5 Å². The van der Waals surface area contributed by atoms with Crippen molar-refractivity contribution in [1.82, 2.24) is 0 Å². The molecule has 0 N–H and O–H groups in total. The van der Waals surface area contributed by atoms with Gasteiger partial charge in [-0.25, -0.2) is 4.99 Å². The number of fused-ring (bicyclic) bond motifs is 1. The number of halogens is 2. The summed E-state index contributed by atoms with van der Waals surface area (Å²) in [5, 5.41) is 10.1. The van der Waals surface area contributed by atoms with Gasteiger partial charge < -0.3 is 4.74 Å². The van der Waals surface area contributed by atoms with Crippen molar-refractivity contribution in [3.63, 3.8) is 0 Å². The van der Waals surface area contributed by atoms with Gasteiger partial charge in [-0.05, 0) is 42.9 Å². The summed E-state index contributed by atoms with van der Waals surface area (Å²) < 4.78 is 29.4.